The van der Waals surface area contributed by atoms with Gasteiger partial charge in [-0.05, 0) is 25.8 Å². The molecule has 6 nitrogen and oxygen atoms in total. The van der Waals surface area contributed by atoms with Crippen LogP contribution in [0.15, 0.2) is 12.4 Å². The van der Waals surface area contributed by atoms with Gasteiger partial charge in [0.2, 0.25) is 10.0 Å². The molecule has 1 aromatic rings. The molecule has 2 rings (SSSR count). The Morgan fingerprint density at radius 1 is 1.53 bits per heavy atom. The average molecular weight is 286 g/mol. The van der Waals surface area contributed by atoms with Crippen molar-refractivity contribution >= 4 is 10.0 Å². The molecule has 0 aliphatic carbocycles. The van der Waals surface area contributed by atoms with Crippen molar-refractivity contribution in [3.05, 3.63) is 18.2 Å². The molecule has 0 saturated carbocycles. The molecular weight excluding hydrogens is 264 g/mol. The molecular formula is C12H22N4O2S. The van der Waals surface area contributed by atoms with E-state index in [1.165, 1.54) is 0 Å². The van der Waals surface area contributed by atoms with Crippen LogP contribution in [0.1, 0.15) is 44.5 Å². The number of aromatic amines is 1. The molecule has 19 heavy (non-hydrogen) atoms. The van der Waals surface area contributed by atoms with Crippen molar-refractivity contribution < 1.29 is 8.42 Å². The van der Waals surface area contributed by atoms with Crippen LogP contribution in [0, 0.1) is 0 Å². The van der Waals surface area contributed by atoms with Gasteiger partial charge in [-0.1, -0.05) is 13.3 Å². The molecule has 7 heteroatoms. The van der Waals surface area contributed by atoms with Crippen molar-refractivity contribution in [2.24, 2.45) is 0 Å². The molecule has 108 valence electrons. The first-order valence-corrected chi connectivity index (χ1v) is 8.48. The fraction of sp³-hybridized carbons (Fsp3) is 0.750. The van der Waals surface area contributed by atoms with Crippen molar-refractivity contribution in [3.63, 3.8) is 0 Å². The summed E-state index contributed by atoms with van der Waals surface area (Å²) >= 11 is 0. The third-order valence-corrected chi connectivity index (χ3v) is 4.90. The highest BCUT2D eigenvalue weighted by molar-refractivity contribution is 7.89. The number of piperidine rings is 1. The minimum Gasteiger partial charge on any atom is -0.347 e. The number of nitrogens with one attached hydrogen (secondary N) is 3. The minimum atomic E-state index is -3.29. The van der Waals surface area contributed by atoms with E-state index < -0.39 is 10.0 Å². The fourth-order valence-electron chi connectivity index (χ4n) is 2.40. The number of aromatic nitrogens is 2. The van der Waals surface area contributed by atoms with Gasteiger partial charge in [0.1, 0.15) is 5.82 Å². The Morgan fingerprint density at radius 3 is 2.95 bits per heavy atom. The van der Waals surface area contributed by atoms with E-state index >= 15 is 0 Å². The Kier molecular flexibility index (Phi) is 4.95. The van der Waals surface area contributed by atoms with Crippen LogP contribution < -0.4 is 10.0 Å². The summed E-state index contributed by atoms with van der Waals surface area (Å²) in [7, 11) is -3.29. The second-order valence-electron chi connectivity index (χ2n) is 4.98. The number of hydrogen-bond donors (Lipinski definition) is 3. The smallest absolute Gasteiger partial charge is 0.213 e. The van der Waals surface area contributed by atoms with Gasteiger partial charge in [-0.3, -0.25) is 0 Å². The second kappa shape index (κ2) is 6.49. The lowest BCUT2D eigenvalue weighted by molar-refractivity contribution is 0.420. The summed E-state index contributed by atoms with van der Waals surface area (Å²) in [5.41, 5.74) is 0. The van der Waals surface area contributed by atoms with Crippen LogP contribution >= 0.6 is 0 Å². The molecule has 0 bridgehead atoms. The summed E-state index contributed by atoms with van der Waals surface area (Å²) in [6.45, 7) is 2.85. The van der Waals surface area contributed by atoms with Crippen molar-refractivity contribution in [1.82, 2.24) is 20.0 Å². The summed E-state index contributed by atoms with van der Waals surface area (Å²) in [6.07, 6.45) is 7.17. The summed E-state index contributed by atoms with van der Waals surface area (Å²) in [5, 5.41) is 3.26. The quantitative estimate of drug-likeness (QED) is 0.726. The van der Waals surface area contributed by atoms with E-state index in [2.05, 4.69) is 20.0 Å². The monoisotopic (exact) mass is 286 g/mol. The molecule has 2 unspecified atom stereocenters. The average Bonchev–Trinajstić information content (AvgIpc) is 2.90. The Bertz CT molecular complexity index is 466. The van der Waals surface area contributed by atoms with Crippen LogP contribution in [-0.4, -0.2) is 36.7 Å². The summed E-state index contributed by atoms with van der Waals surface area (Å²) < 4.78 is 27.1. The second-order valence-corrected chi connectivity index (χ2v) is 6.78. The number of H-pyrrole nitrogens is 1. The predicted molar refractivity (Wildman–Crippen MR) is 74.2 cm³/mol. The maximum absolute atomic E-state index is 12.2. The molecule has 3 N–H and O–H groups in total. The molecule has 1 saturated heterocycles. The normalized spacial score (nSPS) is 22.3. The van der Waals surface area contributed by atoms with Gasteiger partial charge in [-0.15, -0.1) is 0 Å². The number of nitrogens with zero attached hydrogens (tertiary/aromatic N) is 1. The zero-order valence-electron chi connectivity index (χ0n) is 11.2. The first kappa shape index (κ1) is 14.5. The topological polar surface area (TPSA) is 86.9 Å². The van der Waals surface area contributed by atoms with E-state index in [4.69, 9.17) is 0 Å². The van der Waals surface area contributed by atoms with Crippen LogP contribution in [-0.2, 0) is 10.0 Å². The molecule has 0 aromatic carbocycles. The lowest BCUT2D eigenvalue weighted by Gasteiger charge is -2.24. The molecule has 2 heterocycles. The van der Waals surface area contributed by atoms with Crippen LogP contribution in [0.3, 0.4) is 0 Å². The van der Waals surface area contributed by atoms with Crippen molar-refractivity contribution in [2.45, 2.75) is 44.7 Å². The first-order valence-electron chi connectivity index (χ1n) is 6.83. The standard InChI is InChI=1S/C12H22N4O2S/c1-2-11(12-14-7-8-15-12)16-19(17,18)9-10-5-3-4-6-13-10/h7-8,10-11,13,16H,2-6,9H2,1H3,(H,14,15). The summed E-state index contributed by atoms with van der Waals surface area (Å²) in [4.78, 5) is 7.08. The third-order valence-electron chi connectivity index (χ3n) is 3.41. The zero-order chi connectivity index (χ0) is 13.7. The number of sulfonamides is 1. The molecule has 1 aromatic heterocycles. The fourth-order valence-corrected chi connectivity index (χ4v) is 4.02. The van der Waals surface area contributed by atoms with Crippen LogP contribution in [0.5, 0.6) is 0 Å². The van der Waals surface area contributed by atoms with E-state index in [9.17, 15) is 8.42 Å². The van der Waals surface area contributed by atoms with Gasteiger partial charge >= 0.3 is 0 Å². The number of rotatable bonds is 6. The molecule has 0 radical (unpaired) electrons. The maximum atomic E-state index is 12.2. The zero-order valence-corrected chi connectivity index (χ0v) is 12.0. The van der Waals surface area contributed by atoms with Crippen LogP contribution in [0.2, 0.25) is 0 Å². The Balaban J connectivity index is 1.95. The van der Waals surface area contributed by atoms with Gasteiger partial charge in [0, 0.05) is 18.4 Å². The van der Waals surface area contributed by atoms with Crippen molar-refractivity contribution in [3.8, 4) is 0 Å². The number of hydrogen-bond acceptors (Lipinski definition) is 4. The van der Waals surface area contributed by atoms with E-state index in [1.807, 2.05) is 6.92 Å². The van der Waals surface area contributed by atoms with E-state index in [-0.39, 0.29) is 17.8 Å². The predicted octanol–water partition coefficient (Wildman–Crippen LogP) is 0.922. The van der Waals surface area contributed by atoms with Gasteiger partial charge in [-0.25, -0.2) is 18.1 Å². The van der Waals surface area contributed by atoms with Gasteiger partial charge < -0.3 is 10.3 Å². The Hall–Kier alpha value is -0.920. The van der Waals surface area contributed by atoms with Crippen molar-refractivity contribution in [2.75, 3.05) is 12.3 Å². The summed E-state index contributed by atoms with van der Waals surface area (Å²) in [5.74, 6) is 0.812. The molecule has 2 atom stereocenters. The lowest BCUT2D eigenvalue weighted by atomic mass is 10.1. The van der Waals surface area contributed by atoms with Gasteiger partial charge in [0.25, 0.3) is 0 Å². The summed E-state index contributed by atoms with van der Waals surface area (Å²) in [6, 6.07) is -0.205. The molecule has 1 aliphatic heterocycles. The Labute approximate surface area is 114 Å². The van der Waals surface area contributed by atoms with Gasteiger partial charge in [0.05, 0.1) is 11.8 Å². The van der Waals surface area contributed by atoms with Crippen molar-refractivity contribution in [1.29, 1.82) is 0 Å². The molecule has 1 fully saturated rings. The largest absolute Gasteiger partial charge is 0.347 e. The highest BCUT2D eigenvalue weighted by atomic mass is 32.2. The van der Waals surface area contributed by atoms with E-state index in [0.717, 1.165) is 25.8 Å². The third kappa shape index (κ3) is 4.29. The highest BCUT2D eigenvalue weighted by Gasteiger charge is 2.24. The molecule has 0 amide bonds. The van der Waals surface area contributed by atoms with E-state index in [0.29, 0.717) is 12.2 Å². The van der Waals surface area contributed by atoms with Gasteiger partial charge in [-0.2, -0.15) is 0 Å². The SMILES string of the molecule is CCC(NS(=O)(=O)CC1CCCCN1)c1ncc[nH]1. The first-order chi connectivity index (χ1) is 9.11. The Morgan fingerprint density at radius 2 is 2.37 bits per heavy atom. The van der Waals surface area contributed by atoms with Crippen LogP contribution in [0.25, 0.3) is 0 Å². The highest BCUT2D eigenvalue weighted by Crippen LogP contribution is 2.15. The minimum absolute atomic E-state index is 0.0698. The van der Waals surface area contributed by atoms with E-state index in [1.54, 1.807) is 12.4 Å². The maximum Gasteiger partial charge on any atom is 0.213 e. The van der Waals surface area contributed by atoms with Crippen LogP contribution in [0.4, 0.5) is 0 Å². The molecule has 0 spiro atoms. The lowest BCUT2D eigenvalue weighted by Crippen LogP contribution is -2.43. The number of imidazole rings is 1. The molecule has 1 aliphatic rings. The van der Waals surface area contributed by atoms with Gasteiger partial charge in [0.15, 0.2) is 0 Å².